The number of nitrogens with zero attached hydrogens (tertiary/aromatic N) is 2. The fourth-order valence-corrected chi connectivity index (χ4v) is 2.59. The topological polar surface area (TPSA) is 77.7 Å². The van der Waals surface area contributed by atoms with E-state index in [4.69, 9.17) is 15.2 Å². The molecule has 2 unspecified atom stereocenters. The zero-order chi connectivity index (χ0) is 14.5. The molecule has 2 atom stereocenters. The number of pyridine rings is 1. The van der Waals surface area contributed by atoms with Crippen LogP contribution in [0.1, 0.15) is 23.2 Å². The first-order chi connectivity index (χ1) is 9.71. The molecule has 1 fully saturated rings. The summed E-state index contributed by atoms with van der Waals surface area (Å²) in [4.78, 5) is 18.4. The molecule has 1 aromatic rings. The second-order valence-corrected chi connectivity index (χ2v) is 4.85. The zero-order valence-electron chi connectivity index (χ0n) is 11.9. The van der Waals surface area contributed by atoms with Crippen LogP contribution in [0.2, 0.25) is 0 Å². The van der Waals surface area contributed by atoms with E-state index in [9.17, 15) is 4.79 Å². The van der Waals surface area contributed by atoms with E-state index >= 15 is 0 Å². The summed E-state index contributed by atoms with van der Waals surface area (Å²) in [5, 5.41) is 0. The number of aromatic nitrogens is 1. The van der Waals surface area contributed by atoms with Gasteiger partial charge < -0.3 is 20.1 Å². The highest BCUT2D eigenvalue weighted by molar-refractivity contribution is 5.97. The third kappa shape index (κ3) is 2.91. The fourth-order valence-electron chi connectivity index (χ4n) is 2.59. The SMILES string of the molecule is COc1cnccc1C(=O)N1CCC(OC)CC1CN. The van der Waals surface area contributed by atoms with Gasteiger partial charge in [-0.05, 0) is 18.9 Å². The average molecular weight is 279 g/mol. The number of methoxy groups -OCH3 is 2. The van der Waals surface area contributed by atoms with Crippen LogP contribution in [0, 0.1) is 0 Å². The Bertz CT molecular complexity index is 467. The smallest absolute Gasteiger partial charge is 0.258 e. The van der Waals surface area contributed by atoms with E-state index in [1.807, 2.05) is 4.90 Å². The van der Waals surface area contributed by atoms with Crippen molar-refractivity contribution >= 4 is 5.91 Å². The average Bonchev–Trinajstić information content (AvgIpc) is 2.53. The van der Waals surface area contributed by atoms with Gasteiger partial charge in [0.15, 0.2) is 0 Å². The quantitative estimate of drug-likeness (QED) is 0.876. The molecule has 110 valence electrons. The van der Waals surface area contributed by atoms with E-state index in [-0.39, 0.29) is 18.1 Å². The third-order valence-corrected chi connectivity index (χ3v) is 3.77. The second-order valence-electron chi connectivity index (χ2n) is 4.85. The van der Waals surface area contributed by atoms with Crippen LogP contribution in [0.5, 0.6) is 5.75 Å². The number of hydrogen-bond donors (Lipinski definition) is 1. The minimum atomic E-state index is -0.0609. The Morgan fingerprint density at radius 2 is 2.35 bits per heavy atom. The van der Waals surface area contributed by atoms with Gasteiger partial charge in [0.1, 0.15) is 5.75 Å². The molecule has 0 spiro atoms. The summed E-state index contributed by atoms with van der Waals surface area (Å²) < 4.78 is 10.6. The maximum absolute atomic E-state index is 12.7. The molecule has 6 heteroatoms. The first kappa shape index (κ1) is 14.7. The van der Waals surface area contributed by atoms with Crippen LogP contribution in [-0.2, 0) is 4.74 Å². The molecule has 0 saturated carbocycles. The van der Waals surface area contributed by atoms with Crippen molar-refractivity contribution < 1.29 is 14.3 Å². The van der Waals surface area contributed by atoms with Gasteiger partial charge in [-0.15, -0.1) is 0 Å². The first-order valence-electron chi connectivity index (χ1n) is 6.73. The maximum atomic E-state index is 12.7. The molecular weight excluding hydrogens is 258 g/mol. The number of rotatable bonds is 4. The third-order valence-electron chi connectivity index (χ3n) is 3.77. The van der Waals surface area contributed by atoms with Crippen LogP contribution in [0.15, 0.2) is 18.5 Å². The number of hydrogen-bond acceptors (Lipinski definition) is 5. The number of carbonyl (C=O) groups is 1. The molecule has 0 bridgehead atoms. The van der Waals surface area contributed by atoms with Crippen LogP contribution >= 0.6 is 0 Å². The molecule has 1 aromatic heterocycles. The van der Waals surface area contributed by atoms with Crippen LogP contribution in [0.3, 0.4) is 0 Å². The molecule has 2 rings (SSSR count). The minimum absolute atomic E-state index is 0.000860. The van der Waals surface area contributed by atoms with Gasteiger partial charge in [0.25, 0.3) is 5.91 Å². The predicted molar refractivity (Wildman–Crippen MR) is 74.7 cm³/mol. The molecule has 2 heterocycles. The van der Waals surface area contributed by atoms with Gasteiger partial charge in [0.05, 0.1) is 25.0 Å². The van der Waals surface area contributed by atoms with Crippen LogP contribution < -0.4 is 10.5 Å². The number of carbonyl (C=O) groups excluding carboxylic acids is 1. The van der Waals surface area contributed by atoms with Gasteiger partial charge in [0.2, 0.25) is 0 Å². The van der Waals surface area contributed by atoms with Crippen LogP contribution in [-0.4, -0.2) is 55.2 Å². The molecule has 1 aliphatic rings. The van der Waals surface area contributed by atoms with Crippen molar-refractivity contribution in [1.82, 2.24) is 9.88 Å². The molecule has 6 nitrogen and oxygen atoms in total. The Balaban J connectivity index is 2.19. The van der Waals surface area contributed by atoms with Crippen molar-refractivity contribution in [3.8, 4) is 5.75 Å². The summed E-state index contributed by atoms with van der Waals surface area (Å²) in [5.41, 5.74) is 6.33. The Morgan fingerprint density at radius 3 is 3.00 bits per heavy atom. The fraction of sp³-hybridized carbons (Fsp3) is 0.571. The molecule has 1 amide bonds. The van der Waals surface area contributed by atoms with E-state index in [1.54, 1.807) is 25.6 Å². The Kier molecular flexibility index (Phi) is 4.92. The summed E-state index contributed by atoms with van der Waals surface area (Å²) in [5.74, 6) is 0.427. The second kappa shape index (κ2) is 6.67. The molecular formula is C14H21N3O3. The normalized spacial score (nSPS) is 22.6. The van der Waals surface area contributed by atoms with Crippen molar-refractivity contribution in [3.63, 3.8) is 0 Å². The van der Waals surface area contributed by atoms with Crippen LogP contribution in [0.25, 0.3) is 0 Å². The standard InChI is InChI=1S/C14H21N3O3/c1-19-11-4-6-17(10(7-11)8-15)14(18)12-3-5-16-9-13(12)20-2/h3,5,9-11H,4,6-8,15H2,1-2H3. The molecule has 0 aliphatic carbocycles. The summed E-state index contributed by atoms with van der Waals surface area (Å²) >= 11 is 0. The van der Waals surface area contributed by atoms with Crippen molar-refractivity contribution in [2.24, 2.45) is 5.73 Å². The summed E-state index contributed by atoms with van der Waals surface area (Å²) in [7, 11) is 3.23. The van der Waals surface area contributed by atoms with E-state index in [0.717, 1.165) is 12.8 Å². The van der Waals surface area contributed by atoms with Gasteiger partial charge in [0, 0.05) is 32.4 Å². The molecule has 0 radical (unpaired) electrons. The lowest BCUT2D eigenvalue weighted by Crippen LogP contribution is -2.51. The van der Waals surface area contributed by atoms with Crippen LogP contribution in [0.4, 0.5) is 0 Å². The Morgan fingerprint density at radius 1 is 1.55 bits per heavy atom. The number of amides is 1. The largest absolute Gasteiger partial charge is 0.494 e. The van der Waals surface area contributed by atoms with E-state index < -0.39 is 0 Å². The van der Waals surface area contributed by atoms with Crippen molar-refractivity contribution in [3.05, 3.63) is 24.0 Å². The number of ether oxygens (including phenoxy) is 2. The predicted octanol–water partition coefficient (Wildman–Crippen LogP) is 0.669. The van der Waals surface area contributed by atoms with Crippen molar-refractivity contribution in [2.45, 2.75) is 25.0 Å². The monoisotopic (exact) mass is 279 g/mol. The van der Waals surface area contributed by atoms with Crippen molar-refractivity contribution in [2.75, 3.05) is 27.3 Å². The summed E-state index contributed by atoms with van der Waals surface area (Å²) in [6.45, 7) is 1.07. The minimum Gasteiger partial charge on any atom is -0.494 e. The van der Waals surface area contributed by atoms with E-state index in [0.29, 0.717) is 24.4 Å². The maximum Gasteiger partial charge on any atom is 0.258 e. The van der Waals surface area contributed by atoms with Gasteiger partial charge in [-0.1, -0.05) is 0 Å². The molecule has 0 aromatic carbocycles. The first-order valence-corrected chi connectivity index (χ1v) is 6.73. The summed E-state index contributed by atoms with van der Waals surface area (Å²) in [6, 6.07) is 1.68. The lowest BCUT2D eigenvalue weighted by atomic mass is 9.98. The highest BCUT2D eigenvalue weighted by Crippen LogP contribution is 2.24. The Hall–Kier alpha value is -1.66. The highest BCUT2D eigenvalue weighted by atomic mass is 16.5. The van der Waals surface area contributed by atoms with E-state index in [2.05, 4.69) is 4.98 Å². The lowest BCUT2D eigenvalue weighted by molar-refractivity contribution is 0.0137. The Labute approximate surface area is 118 Å². The molecule has 1 saturated heterocycles. The molecule has 1 aliphatic heterocycles. The molecule has 20 heavy (non-hydrogen) atoms. The number of piperidine rings is 1. The van der Waals surface area contributed by atoms with Gasteiger partial charge >= 0.3 is 0 Å². The summed E-state index contributed by atoms with van der Waals surface area (Å²) in [6.07, 6.45) is 4.91. The van der Waals surface area contributed by atoms with E-state index in [1.165, 1.54) is 7.11 Å². The van der Waals surface area contributed by atoms with Gasteiger partial charge in [-0.25, -0.2) is 0 Å². The van der Waals surface area contributed by atoms with Crippen molar-refractivity contribution in [1.29, 1.82) is 0 Å². The zero-order valence-corrected chi connectivity index (χ0v) is 11.9. The number of likely N-dealkylation sites (tertiary alicyclic amines) is 1. The molecule has 2 N–H and O–H groups in total. The number of nitrogens with two attached hydrogens (primary N) is 1. The highest BCUT2D eigenvalue weighted by Gasteiger charge is 2.32. The van der Waals surface area contributed by atoms with Gasteiger partial charge in [-0.2, -0.15) is 0 Å². The van der Waals surface area contributed by atoms with Gasteiger partial charge in [-0.3, -0.25) is 9.78 Å². The lowest BCUT2D eigenvalue weighted by Gasteiger charge is -2.38.